The van der Waals surface area contributed by atoms with Crippen molar-refractivity contribution in [2.24, 2.45) is 0 Å². The fourth-order valence-corrected chi connectivity index (χ4v) is 4.04. The topological polar surface area (TPSA) is 108 Å². The van der Waals surface area contributed by atoms with Gasteiger partial charge in [0.15, 0.2) is 16.5 Å². The second kappa shape index (κ2) is 8.07. The number of hydrogen-bond acceptors (Lipinski definition) is 7. The normalized spacial score (nSPS) is 10.8. The predicted molar refractivity (Wildman–Crippen MR) is 117 cm³/mol. The van der Waals surface area contributed by atoms with Gasteiger partial charge in [0.2, 0.25) is 0 Å². The lowest BCUT2D eigenvalue weighted by Crippen LogP contribution is -2.14. The van der Waals surface area contributed by atoms with Gasteiger partial charge in [-0.15, -0.1) is 11.3 Å². The van der Waals surface area contributed by atoms with Crippen LogP contribution >= 0.6 is 11.3 Å². The largest absolute Gasteiger partial charge is 0.493 e. The number of fused-ring (bicyclic) bond motifs is 1. The van der Waals surface area contributed by atoms with E-state index in [1.807, 2.05) is 29.0 Å². The lowest BCUT2D eigenvalue weighted by Gasteiger charge is -2.11. The minimum atomic E-state index is -0.633. The van der Waals surface area contributed by atoms with Crippen molar-refractivity contribution < 1.29 is 19.2 Å². The lowest BCUT2D eigenvalue weighted by atomic mass is 10.1. The summed E-state index contributed by atoms with van der Waals surface area (Å²) in [5.74, 6) is -0.241. The molecule has 10 heteroatoms. The molecule has 4 rings (SSSR count). The van der Waals surface area contributed by atoms with E-state index in [2.05, 4.69) is 10.3 Å². The van der Waals surface area contributed by atoms with E-state index in [0.717, 1.165) is 21.9 Å². The molecular weight excluding hydrogens is 420 g/mol. The standard InChI is InChI=1S/C21H18N4O5S/c1-12-11-31-21-23-16(10-24(12)21)13-5-4-6-14(7-13)22-20(26)15-8-18(29-2)19(30-3)9-17(15)25(27)28/h4-11H,1-3H3,(H,22,26). The molecule has 9 nitrogen and oxygen atoms in total. The average molecular weight is 438 g/mol. The number of hydrogen-bond donors (Lipinski definition) is 1. The SMILES string of the molecule is COc1cc(C(=O)Nc2cccc(-c3cn4c(C)csc4n3)c2)c([N+](=O)[O-])cc1OC. The molecule has 0 fully saturated rings. The molecule has 0 unspecified atom stereocenters. The van der Waals surface area contributed by atoms with Crippen LogP contribution < -0.4 is 14.8 Å². The fourth-order valence-electron chi connectivity index (χ4n) is 3.19. The molecular formula is C21H18N4O5S. The Morgan fingerprint density at radius 1 is 1.19 bits per heavy atom. The number of nitrogens with zero attached hydrogens (tertiary/aromatic N) is 3. The summed E-state index contributed by atoms with van der Waals surface area (Å²) in [5, 5.41) is 16.2. The molecule has 158 valence electrons. The van der Waals surface area contributed by atoms with Crippen LogP contribution in [0.1, 0.15) is 16.1 Å². The van der Waals surface area contributed by atoms with Gasteiger partial charge in [-0.2, -0.15) is 0 Å². The molecule has 2 aromatic carbocycles. The highest BCUT2D eigenvalue weighted by atomic mass is 32.1. The highest BCUT2D eigenvalue weighted by Crippen LogP contribution is 2.35. The van der Waals surface area contributed by atoms with Crippen molar-refractivity contribution in [2.45, 2.75) is 6.92 Å². The van der Waals surface area contributed by atoms with Crippen LogP contribution in [-0.2, 0) is 0 Å². The summed E-state index contributed by atoms with van der Waals surface area (Å²) in [5.41, 5.74) is 2.64. The first kappa shape index (κ1) is 20.4. The Labute approximate surface area is 181 Å². The highest BCUT2D eigenvalue weighted by Gasteiger charge is 2.24. The van der Waals surface area contributed by atoms with E-state index in [0.29, 0.717) is 5.69 Å². The average Bonchev–Trinajstić information content (AvgIpc) is 3.35. The lowest BCUT2D eigenvalue weighted by molar-refractivity contribution is -0.385. The molecule has 1 amide bonds. The third-order valence-corrected chi connectivity index (χ3v) is 5.71. The fraction of sp³-hybridized carbons (Fsp3) is 0.143. The van der Waals surface area contributed by atoms with E-state index in [4.69, 9.17) is 9.47 Å². The van der Waals surface area contributed by atoms with Crippen molar-refractivity contribution in [1.29, 1.82) is 0 Å². The summed E-state index contributed by atoms with van der Waals surface area (Å²) in [6, 6.07) is 9.61. The number of carbonyl (C=O) groups excluding carboxylic acids is 1. The monoisotopic (exact) mass is 438 g/mol. The smallest absolute Gasteiger partial charge is 0.286 e. The third kappa shape index (κ3) is 3.80. The van der Waals surface area contributed by atoms with Crippen molar-refractivity contribution in [3.05, 3.63) is 69.3 Å². The molecule has 0 aliphatic heterocycles. The number of nitro benzene ring substituents is 1. The number of thiazole rings is 1. The van der Waals surface area contributed by atoms with E-state index < -0.39 is 10.8 Å². The van der Waals surface area contributed by atoms with Crippen LogP contribution in [0.3, 0.4) is 0 Å². The van der Waals surface area contributed by atoms with E-state index in [1.165, 1.54) is 26.4 Å². The number of imidazole rings is 1. The van der Waals surface area contributed by atoms with Crippen LogP contribution in [0, 0.1) is 17.0 Å². The Hall–Kier alpha value is -3.92. The summed E-state index contributed by atoms with van der Waals surface area (Å²) in [4.78, 5) is 29.2. The molecule has 0 aliphatic rings. The molecule has 31 heavy (non-hydrogen) atoms. The number of amides is 1. The van der Waals surface area contributed by atoms with Crippen LogP contribution in [0.2, 0.25) is 0 Å². The number of methoxy groups -OCH3 is 2. The molecule has 2 heterocycles. The van der Waals surface area contributed by atoms with Gasteiger partial charge in [0.25, 0.3) is 11.6 Å². The second-order valence-electron chi connectivity index (χ2n) is 6.67. The zero-order valence-electron chi connectivity index (χ0n) is 16.9. The molecule has 2 aromatic heterocycles. The van der Waals surface area contributed by atoms with E-state index in [1.54, 1.807) is 29.5 Å². The summed E-state index contributed by atoms with van der Waals surface area (Å²) >= 11 is 1.55. The molecule has 1 N–H and O–H groups in total. The first-order chi connectivity index (χ1) is 14.9. The van der Waals surface area contributed by atoms with Gasteiger partial charge in [-0.3, -0.25) is 19.3 Å². The van der Waals surface area contributed by atoms with Gasteiger partial charge in [-0.05, 0) is 19.1 Å². The number of aryl methyl sites for hydroxylation is 1. The van der Waals surface area contributed by atoms with Gasteiger partial charge in [0.05, 0.1) is 30.9 Å². The van der Waals surface area contributed by atoms with Crippen molar-refractivity contribution in [3.8, 4) is 22.8 Å². The van der Waals surface area contributed by atoms with Gasteiger partial charge in [-0.1, -0.05) is 12.1 Å². The minimum Gasteiger partial charge on any atom is -0.493 e. The molecule has 0 atom stereocenters. The quantitative estimate of drug-likeness (QED) is 0.350. The van der Waals surface area contributed by atoms with Crippen LogP contribution in [-0.4, -0.2) is 34.4 Å². The van der Waals surface area contributed by atoms with Crippen LogP contribution in [0.5, 0.6) is 11.5 Å². The highest BCUT2D eigenvalue weighted by molar-refractivity contribution is 7.15. The van der Waals surface area contributed by atoms with E-state index >= 15 is 0 Å². The maximum Gasteiger partial charge on any atom is 0.286 e. The van der Waals surface area contributed by atoms with Crippen LogP contribution in [0.25, 0.3) is 16.2 Å². The Kier molecular flexibility index (Phi) is 5.30. The summed E-state index contributed by atoms with van der Waals surface area (Å²) < 4.78 is 12.3. The zero-order valence-corrected chi connectivity index (χ0v) is 17.7. The molecule has 0 spiro atoms. The number of nitro groups is 1. The summed E-state index contributed by atoms with van der Waals surface area (Å²) in [6.45, 7) is 2.00. The molecule has 0 radical (unpaired) electrons. The first-order valence-corrected chi connectivity index (χ1v) is 10.0. The maximum absolute atomic E-state index is 12.9. The molecule has 4 aromatic rings. The van der Waals surface area contributed by atoms with Crippen molar-refractivity contribution in [2.75, 3.05) is 19.5 Å². The Morgan fingerprint density at radius 3 is 2.61 bits per heavy atom. The molecule has 0 saturated carbocycles. The maximum atomic E-state index is 12.9. The van der Waals surface area contributed by atoms with Crippen LogP contribution in [0.4, 0.5) is 11.4 Å². The van der Waals surface area contributed by atoms with Crippen molar-refractivity contribution in [3.63, 3.8) is 0 Å². The number of nitrogens with one attached hydrogen (secondary N) is 1. The number of ether oxygens (including phenoxy) is 2. The van der Waals surface area contributed by atoms with Gasteiger partial charge >= 0.3 is 0 Å². The molecule has 0 saturated heterocycles. The Morgan fingerprint density at radius 2 is 1.94 bits per heavy atom. The summed E-state index contributed by atoms with van der Waals surface area (Å²) in [7, 11) is 2.76. The Balaban J connectivity index is 1.66. The predicted octanol–water partition coefficient (Wildman–Crippen LogP) is 4.55. The molecule has 0 aliphatic carbocycles. The van der Waals surface area contributed by atoms with E-state index in [9.17, 15) is 14.9 Å². The van der Waals surface area contributed by atoms with E-state index in [-0.39, 0.29) is 22.7 Å². The van der Waals surface area contributed by atoms with Crippen molar-refractivity contribution >= 4 is 33.6 Å². The van der Waals surface area contributed by atoms with Crippen molar-refractivity contribution in [1.82, 2.24) is 9.38 Å². The first-order valence-electron chi connectivity index (χ1n) is 9.16. The van der Waals surface area contributed by atoms with Gasteiger partial charge < -0.3 is 14.8 Å². The number of anilines is 1. The van der Waals surface area contributed by atoms with Gasteiger partial charge in [0.1, 0.15) is 5.56 Å². The number of aromatic nitrogens is 2. The number of carbonyl (C=O) groups is 1. The Bertz CT molecular complexity index is 1310. The molecule has 0 bridgehead atoms. The zero-order chi connectivity index (χ0) is 22.1. The second-order valence-corrected chi connectivity index (χ2v) is 7.51. The van der Waals surface area contributed by atoms with Gasteiger partial charge in [-0.25, -0.2) is 4.98 Å². The third-order valence-electron chi connectivity index (χ3n) is 4.75. The minimum absolute atomic E-state index is 0.133. The summed E-state index contributed by atoms with van der Waals surface area (Å²) in [6.07, 6.45) is 1.93. The number of benzene rings is 2. The van der Waals surface area contributed by atoms with Gasteiger partial charge in [0, 0.05) is 34.6 Å². The van der Waals surface area contributed by atoms with Crippen LogP contribution in [0.15, 0.2) is 48.0 Å². The number of rotatable bonds is 6.